The molecule has 0 amide bonds. The minimum absolute atomic E-state index is 0.490. The van der Waals surface area contributed by atoms with Crippen LogP contribution in [0.2, 0.25) is 0 Å². The molecule has 2 aromatic rings. The summed E-state index contributed by atoms with van der Waals surface area (Å²) >= 11 is 0. The number of benzene rings is 1. The Bertz CT molecular complexity index is 440. The molecule has 3 nitrogen and oxygen atoms in total. The van der Waals surface area contributed by atoms with E-state index in [0.717, 1.165) is 11.4 Å². The maximum atomic E-state index is 5.77. The second kappa shape index (κ2) is 4.00. The number of anilines is 3. The Hall–Kier alpha value is -2.03. The van der Waals surface area contributed by atoms with Gasteiger partial charge in [0.05, 0.1) is 5.69 Å². The van der Waals surface area contributed by atoms with Gasteiger partial charge in [-0.1, -0.05) is 18.2 Å². The Morgan fingerprint density at radius 3 is 2.67 bits per heavy atom. The van der Waals surface area contributed by atoms with E-state index in [-0.39, 0.29) is 0 Å². The lowest BCUT2D eigenvalue weighted by atomic mass is 10.2. The zero-order valence-electron chi connectivity index (χ0n) is 8.51. The summed E-state index contributed by atoms with van der Waals surface area (Å²) in [7, 11) is 1.94. The fraction of sp³-hybridized carbons (Fsp3) is 0.0833. The van der Waals surface area contributed by atoms with Crippen molar-refractivity contribution in [2.75, 3.05) is 17.7 Å². The molecule has 15 heavy (non-hydrogen) atoms. The summed E-state index contributed by atoms with van der Waals surface area (Å²) in [6.07, 6.45) is 1.64. The highest BCUT2D eigenvalue weighted by Gasteiger charge is 2.06. The van der Waals surface area contributed by atoms with Crippen LogP contribution in [0.5, 0.6) is 0 Å². The normalized spacial score (nSPS) is 9.93. The number of hydrogen-bond donors (Lipinski definition) is 1. The predicted molar refractivity (Wildman–Crippen MR) is 62.0 cm³/mol. The van der Waals surface area contributed by atoms with Crippen LogP contribution in [0.15, 0.2) is 42.6 Å². The molecule has 0 aliphatic rings. The van der Waals surface area contributed by atoms with Gasteiger partial charge in [-0.2, -0.15) is 0 Å². The van der Waals surface area contributed by atoms with Crippen molar-refractivity contribution in [3.8, 4) is 0 Å². The fourth-order valence-electron chi connectivity index (χ4n) is 1.42. The molecule has 1 heterocycles. The number of para-hydroxylation sites is 1. The maximum Gasteiger partial charge on any atom is 0.147 e. The van der Waals surface area contributed by atoms with Crippen molar-refractivity contribution in [3.63, 3.8) is 0 Å². The van der Waals surface area contributed by atoms with Crippen molar-refractivity contribution < 1.29 is 0 Å². The van der Waals surface area contributed by atoms with Crippen LogP contribution in [0.25, 0.3) is 0 Å². The number of pyridine rings is 1. The van der Waals surface area contributed by atoms with Crippen LogP contribution in [-0.2, 0) is 0 Å². The molecule has 0 unspecified atom stereocenters. The topological polar surface area (TPSA) is 42.2 Å². The molecule has 1 aromatic heterocycles. The Balaban J connectivity index is 2.37. The molecule has 0 spiro atoms. The van der Waals surface area contributed by atoms with Crippen LogP contribution in [0, 0.1) is 6.07 Å². The lowest BCUT2D eigenvalue weighted by molar-refractivity contribution is 1.18. The van der Waals surface area contributed by atoms with Crippen LogP contribution < -0.4 is 10.6 Å². The lowest BCUT2D eigenvalue weighted by Gasteiger charge is -2.19. The van der Waals surface area contributed by atoms with Crippen molar-refractivity contribution in [2.45, 2.75) is 0 Å². The van der Waals surface area contributed by atoms with E-state index < -0.39 is 0 Å². The molecule has 0 aliphatic carbocycles. The Morgan fingerprint density at radius 1 is 1.27 bits per heavy atom. The zero-order chi connectivity index (χ0) is 10.7. The first-order valence-corrected chi connectivity index (χ1v) is 4.70. The number of rotatable bonds is 2. The van der Waals surface area contributed by atoms with Gasteiger partial charge in [-0.05, 0) is 18.2 Å². The molecule has 0 atom stereocenters. The first-order chi connectivity index (χ1) is 7.29. The molecule has 75 valence electrons. The molecule has 0 fully saturated rings. The van der Waals surface area contributed by atoms with Gasteiger partial charge in [0.2, 0.25) is 0 Å². The number of nitrogens with zero attached hydrogens (tertiary/aromatic N) is 2. The molecule has 2 rings (SSSR count). The smallest absolute Gasteiger partial charge is 0.147 e. The largest absolute Gasteiger partial charge is 0.382 e. The summed E-state index contributed by atoms with van der Waals surface area (Å²) in [6, 6.07) is 14.8. The van der Waals surface area contributed by atoms with Crippen molar-refractivity contribution in [2.24, 2.45) is 0 Å². The first-order valence-electron chi connectivity index (χ1n) is 4.70. The molecule has 0 saturated heterocycles. The second-order valence-electron chi connectivity index (χ2n) is 3.22. The summed E-state index contributed by atoms with van der Waals surface area (Å²) < 4.78 is 0. The van der Waals surface area contributed by atoms with Crippen LogP contribution in [0.1, 0.15) is 0 Å². The predicted octanol–water partition coefficient (Wildman–Crippen LogP) is 2.23. The SMILES string of the molecule is CN(c1ccccc1)c1[c]ccnc1N. The van der Waals surface area contributed by atoms with E-state index in [1.54, 1.807) is 12.3 Å². The summed E-state index contributed by atoms with van der Waals surface area (Å²) in [6.45, 7) is 0. The molecule has 2 N–H and O–H groups in total. The number of nitrogen functional groups attached to an aromatic ring is 1. The van der Waals surface area contributed by atoms with Gasteiger partial charge in [0.1, 0.15) is 5.82 Å². The molecule has 0 bridgehead atoms. The van der Waals surface area contributed by atoms with E-state index in [4.69, 9.17) is 5.73 Å². The van der Waals surface area contributed by atoms with Gasteiger partial charge in [-0.15, -0.1) is 0 Å². The second-order valence-corrected chi connectivity index (χ2v) is 3.22. The van der Waals surface area contributed by atoms with Gasteiger partial charge >= 0.3 is 0 Å². The highest BCUT2D eigenvalue weighted by atomic mass is 15.1. The number of aromatic nitrogens is 1. The number of hydrogen-bond acceptors (Lipinski definition) is 3. The molecule has 1 radical (unpaired) electrons. The fourth-order valence-corrected chi connectivity index (χ4v) is 1.42. The van der Waals surface area contributed by atoms with Crippen LogP contribution in [0.3, 0.4) is 0 Å². The van der Waals surface area contributed by atoms with Crippen molar-refractivity contribution in [1.82, 2.24) is 4.98 Å². The van der Waals surface area contributed by atoms with Gasteiger partial charge in [0, 0.05) is 25.0 Å². The zero-order valence-corrected chi connectivity index (χ0v) is 8.51. The van der Waals surface area contributed by atoms with Gasteiger partial charge in [-0.25, -0.2) is 4.98 Å². The van der Waals surface area contributed by atoms with Crippen LogP contribution >= 0.6 is 0 Å². The monoisotopic (exact) mass is 198 g/mol. The standard InChI is InChI=1S/C12H12N3/c1-15(10-6-3-2-4-7-10)11-8-5-9-14-12(11)13/h2-7,9H,1H3,(H2,13,14). The van der Waals surface area contributed by atoms with Crippen molar-refractivity contribution in [1.29, 1.82) is 0 Å². The van der Waals surface area contributed by atoms with Gasteiger partial charge < -0.3 is 10.6 Å². The van der Waals surface area contributed by atoms with E-state index in [1.807, 2.05) is 42.3 Å². The molecule has 1 aromatic carbocycles. The Morgan fingerprint density at radius 2 is 2.00 bits per heavy atom. The third kappa shape index (κ3) is 1.91. The van der Waals surface area contributed by atoms with E-state index in [0.29, 0.717) is 5.82 Å². The van der Waals surface area contributed by atoms with Gasteiger partial charge in [0.25, 0.3) is 0 Å². The van der Waals surface area contributed by atoms with E-state index in [9.17, 15) is 0 Å². The Labute approximate surface area is 89.2 Å². The Kier molecular flexibility index (Phi) is 2.54. The molecule has 3 heteroatoms. The first kappa shape index (κ1) is 9.52. The molecular weight excluding hydrogens is 186 g/mol. The third-order valence-corrected chi connectivity index (χ3v) is 2.23. The lowest BCUT2D eigenvalue weighted by Crippen LogP contribution is -2.12. The average molecular weight is 198 g/mol. The minimum Gasteiger partial charge on any atom is -0.382 e. The third-order valence-electron chi connectivity index (χ3n) is 2.23. The summed E-state index contributed by atoms with van der Waals surface area (Å²) in [4.78, 5) is 5.99. The van der Waals surface area contributed by atoms with Gasteiger partial charge in [0.15, 0.2) is 0 Å². The summed E-state index contributed by atoms with van der Waals surface area (Å²) in [5.74, 6) is 0.490. The van der Waals surface area contributed by atoms with Crippen molar-refractivity contribution >= 4 is 17.2 Å². The minimum atomic E-state index is 0.490. The van der Waals surface area contributed by atoms with E-state index >= 15 is 0 Å². The molecule has 0 saturated carbocycles. The van der Waals surface area contributed by atoms with Crippen LogP contribution in [0.4, 0.5) is 17.2 Å². The highest BCUT2D eigenvalue weighted by molar-refractivity contribution is 5.70. The van der Waals surface area contributed by atoms with E-state index in [2.05, 4.69) is 11.1 Å². The average Bonchev–Trinajstić information content (AvgIpc) is 2.30. The molecular formula is C12H12N3. The quantitative estimate of drug-likeness (QED) is 0.804. The highest BCUT2D eigenvalue weighted by Crippen LogP contribution is 2.25. The summed E-state index contributed by atoms with van der Waals surface area (Å²) in [5.41, 5.74) is 7.63. The maximum absolute atomic E-state index is 5.77. The van der Waals surface area contributed by atoms with Crippen molar-refractivity contribution in [3.05, 3.63) is 48.7 Å². The van der Waals surface area contributed by atoms with Crippen LogP contribution in [-0.4, -0.2) is 12.0 Å². The van der Waals surface area contributed by atoms with Gasteiger partial charge in [-0.3, -0.25) is 0 Å². The number of nitrogens with two attached hydrogens (primary N) is 1. The molecule has 0 aliphatic heterocycles. The summed E-state index contributed by atoms with van der Waals surface area (Å²) in [5, 5.41) is 0. The van der Waals surface area contributed by atoms with E-state index in [1.165, 1.54) is 0 Å².